The number of phenolic OH excluding ortho intramolecular Hbond substituents is 1. The van der Waals surface area contributed by atoms with Gasteiger partial charge < -0.3 is 19.5 Å². The number of aromatic nitrogens is 1. The number of para-hydroxylation sites is 1. The molecule has 0 fully saturated rings. The predicted octanol–water partition coefficient (Wildman–Crippen LogP) is 4.77. The van der Waals surface area contributed by atoms with Gasteiger partial charge in [-0.3, -0.25) is 0 Å². The number of carboxylic acids is 1. The molecule has 2 N–H and O–H groups in total. The average Bonchev–Trinajstić information content (AvgIpc) is 3.03. The predicted molar refractivity (Wildman–Crippen MR) is 108 cm³/mol. The van der Waals surface area contributed by atoms with E-state index in [0.717, 1.165) is 27.8 Å². The summed E-state index contributed by atoms with van der Waals surface area (Å²) in [6.07, 6.45) is 0. The molecule has 0 saturated heterocycles. The fraction of sp³-hybridized carbons (Fsp3) is 0.0870. The third kappa shape index (κ3) is 3.07. The molecule has 0 spiro atoms. The van der Waals surface area contributed by atoms with Crippen LogP contribution in [0.15, 0.2) is 72.8 Å². The van der Waals surface area contributed by atoms with Crippen molar-refractivity contribution in [2.75, 3.05) is 7.11 Å². The van der Waals surface area contributed by atoms with Crippen molar-refractivity contribution in [2.45, 2.75) is 6.54 Å². The smallest absolute Gasteiger partial charge is 0.353 e. The first-order valence-electron chi connectivity index (χ1n) is 8.85. The molecule has 28 heavy (non-hydrogen) atoms. The van der Waals surface area contributed by atoms with Crippen molar-refractivity contribution in [1.82, 2.24) is 4.57 Å². The number of aromatic hydroxyl groups is 1. The molecule has 0 bridgehead atoms. The van der Waals surface area contributed by atoms with Gasteiger partial charge in [-0.2, -0.15) is 0 Å². The fourth-order valence-electron chi connectivity index (χ4n) is 3.56. The summed E-state index contributed by atoms with van der Waals surface area (Å²) in [5, 5.41) is 20.5. The molecule has 4 aromatic rings. The van der Waals surface area contributed by atoms with Crippen LogP contribution >= 0.6 is 0 Å². The molecule has 0 aliphatic rings. The summed E-state index contributed by atoms with van der Waals surface area (Å²) in [4.78, 5) is 12.3. The number of fused-ring (bicyclic) bond motifs is 1. The van der Waals surface area contributed by atoms with Gasteiger partial charge in [0.1, 0.15) is 17.2 Å². The van der Waals surface area contributed by atoms with E-state index in [4.69, 9.17) is 4.74 Å². The Morgan fingerprint density at radius 3 is 2.46 bits per heavy atom. The van der Waals surface area contributed by atoms with Crippen molar-refractivity contribution in [3.05, 3.63) is 84.1 Å². The molecule has 0 aliphatic heterocycles. The molecule has 1 aromatic heterocycles. The topological polar surface area (TPSA) is 71.7 Å². The lowest BCUT2D eigenvalue weighted by Crippen LogP contribution is -2.10. The molecule has 0 saturated carbocycles. The second kappa shape index (κ2) is 7.12. The van der Waals surface area contributed by atoms with Crippen LogP contribution in [0.25, 0.3) is 22.0 Å². The molecular formula is C23H19NO4. The quantitative estimate of drug-likeness (QED) is 0.529. The number of methoxy groups -OCH3 is 1. The second-order valence-corrected chi connectivity index (χ2v) is 6.53. The summed E-state index contributed by atoms with van der Waals surface area (Å²) in [5.74, 6) is -0.132. The Morgan fingerprint density at radius 2 is 1.75 bits per heavy atom. The summed E-state index contributed by atoms with van der Waals surface area (Å²) in [7, 11) is 1.61. The molecule has 3 aromatic carbocycles. The number of rotatable bonds is 5. The number of nitrogens with zero attached hydrogens (tertiary/aromatic N) is 1. The van der Waals surface area contributed by atoms with Crippen LogP contribution in [0.3, 0.4) is 0 Å². The van der Waals surface area contributed by atoms with Crippen LogP contribution in [0.1, 0.15) is 16.1 Å². The Morgan fingerprint density at radius 1 is 1.00 bits per heavy atom. The van der Waals surface area contributed by atoms with Gasteiger partial charge in [-0.05, 0) is 41.5 Å². The van der Waals surface area contributed by atoms with Gasteiger partial charge in [-0.15, -0.1) is 0 Å². The normalized spacial score (nSPS) is 10.9. The van der Waals surface area contributed by atoms with Crippen LogP contribution in [0.4, 0.5) is 0 Å². The number of benzene rings is 3. The summed E-state index contributed by atoms with van der Waals surface area (Å²) >= 11 is 0. The first kappa shape index (κ1) is 17.7. The zero-order chi connectivity index (χ0) is 19.7. The van der Waals surface area contributed by atoms with E-state index in [0.29, 0.717) is 12.1 Å². The van der Waals surface area contributed by atoms with Gasteiger partial charge in [0.15, 0.2) is 0 Å². The number of hydrogen-bond acceptors (Lipinski definition) is 3. The first-order chi connectivity index (χ1) is 13.6. The van der Waals surface area contributed by atoms with Crippen molar-refractivity contribution < 1.29 is 19.7 Å². The van der Waals surface area contributed by atoms with Crippen LogP contribution in [-0.2, 0) is 6.54 Å². The molecular weight excluding hydrogens is 354 g/mol. The maximum absolute atomic E-state index is 12.3. The molecule has 0 radical (unpaired) electrons. The Kier molecular flexibility index (Phi) is 4.49. The zero-order valence-electron chi connectivity index (χ0n) is 15.3. The summed E-state index contributed by atoms with van der Waals surface area (Å²) < 4.78 is 7.11. The average molecular weight is 373 g/mol. The molecule has 0 unspecified atom stereocenters. The van der Waals surface area contributed by atoms with Crippen molar-refractivity contribution >= 4 is 16.9 Å². The van der Waals surface area contributed by atoms with E-state index in [-0.39, 0.29) is 11.4 Å². The molecule has 1 heterocycles. The number of phenols is 1. The monoisotopic (exact) mass is 373 g/mol. The third-order valence-corrected chi connectivity index (χ3v) is 4.80. The second-order valence-electron chi connectivity index (χ2n) is 6.53. The standard InChI is InChI=1S/C23H19NO4/c1-28-18-6-4-5-15(13-18)14-24-20-8-3-2-7-19(20)21(22(24)23(26)27)16-9-11-17(25)12-10-16/h2-13,25H,14H2,1H3,(H,26,27). The number of aromatic carboxylic acids is 1. The largest absolute Gasteiger partial charge is 0.508 e. The molecule has 0 atom stereocenters. The van der Waals surface area contributed by atoms with Crippen molar-refractivity contribution in [1.29, 1.82) is 0 Å². The van der Waals surface area contributed by atoms with Crippen molar-refractivity contribution in [3.63, 3.8) is 0 Å². The first-order valence-corrected chi connectivity index (χ1v) is 8.85. The highest BCUT2D eigenvalue weighted by atomic mass is 16.5. The van der Waals surface area contributed by atoms with Gasteiger partial charge in [0.25, 0.3) is 0 Å². The van der Waals surface area contributed by atoms with E-state index in [1.807, 2.05) is 53.1 Å². The van der Waals surface area contributed by atoms with E-state index in [9.17, 15) is 15.0 Å². The third-order valence-electron chi connectivity index (χ3n) is 4.80. The van der Waals surface area contributed by atoms with E-state index in [1.165, 1.54) is 0 Å². The minimum Gasteiger partial charge on any atom is -0.508 e. The van der Waals surface area contributed by atoms with Gasteiger partial charge in [0.05, 0.1) is 7.11 Å². The number of hydrogen-bond donors (Lipinski definition) is 2. The minimum atomic E-state index is -0.998. The number of ether oxygens (including phenoxy) is 1. The van der Waals surface area contributed by atoms with Crippen LogP contribution < -0.4 is 4.74 Å². The summed E-state index contributed by atoms with van der Waals surface area (Å²) in [5.41, 5.74) is 3.39. The van der Waals surface area contributed by atoms with Gasteiger partial charge in [-0.25, -0.2) is 4.79 Å². The Hall–Kier alpha value is -3.73. The molecule has 140 valence electrons. The lowest BCUT2D eigenvalue weighted by molar-refractivity contribution is 0.0687. The Balaban J connectivity index is 1.96. The van der Waals surface area contributed by atoms with Crippen LogP contribution in [0.5, 0.6) is 11.5 Å². The van der Waals surface area contributed by atoms with E-state index < -0.39 is 5.97 Å². The lowest BCUT2D eigenvalue weighted by atomic mass is 10.0. The fourth-order valence-corrected chi connectivity index (χ4v) is 3.56. The lowest BCUT2D eigenvalue weighted by Gasteiger charge is -2.11. The van der Waals surface area contributed by atoms with Gasteiger partial charge in [-0.1, -0.05) is 42.5 Å². The minimum absolute atomic E-state index is 0.140. The highest BCUT2D eigenvalue weighted by Crippen LogP contribution is 2.36. The zero-order valence-corrected chi connectivity index (χ0v) is 15.3. The van der Waals surface area contributed by atoms with Gasteiger partial charge in [0, 0.05) is 23.0 Å². The highest BCUT2D eigenvalue weighted by molar-refractivity contribution is 6.08. The van der Waals surface area contributed by atoms with Crippen LogP contribution in [0.2, 0.25) is 0 Å². The van der Waals surface area contributed by atoms with E-state index >= 15 is 0 Å². The maximum Gasteiger partial charge on any atom is 0.353 e. The van der Waals surface area contributed by atoms with E-state index in [2.05, 4.69) is 0 Å². The molecule has 0 amide bonds. The Labute approximate surface area is 162 Å². The SMILES string of the molecule is COc1cccc(Cn2c(C(=O)O)c(-c3ccc(O)cc3)c3ccccc32)c1. The Bertz CT molecular complexity index is 1160. The van der Waals surface area contributed by atoms with Crippen molar-refractivity contribution in [3.8, 4) is 22.6 Å². The van der Waals surface area contributed by atoms with Crippen LogP contribution in [-0.4, -0.2) is 27.9 Å². The van der Waals surface area contributed by atoms with Crippen LogP contribution in [0, 0.1) is 0 Å². The summed E-state index contributed by atoms with van der Waals surface area (Å²) in [6, 6.07) is 21.8. The highest BCUT2D eigenvalue weighted by Gasteiger charge is 2.23. The van der Waals surface area contributed by atoms with Crippen molar-refractivity contribution in [2.24, 2.45) is 0 Å². The maximum atomic E-state index is 12.3. The number of carboxylic acid groups (broad SMARTS) is 1. The molecule has 5 heteroatoms. The van der Waals surface area contributed by atoms with Gasteiger partial charge >= 0.3 is 5.97 Å². The van der Waals surface area contributed by atoms with Gasteiger partial charge in [0.2, 0.25) is 0 Å². The summed E-state index contributed by atoms with van der Waals surface area (Å²) in [6.45, 7) is 0.400. The molecule has 5 nitrogen and oxygen atoms in total. The number of carbonyl (C=O) groups is 1. The molecule has 0 aliphatic carbocycles. The molecule has 4 rings (SSSR count). The van der Waals surface area contributed by atoms with E-state index in [1.54, 1.807) is 31.4 Å².